The molecule has 0 aliphatic heterocycles. The SMILES string of the molecule is O=C(Nc1ccccc1C(=O)n1cnc2ccccc21)c1ccccn1. The first-order valence-corrected chi connectivity index (χ1v) is 8.02. The van der Waals surface area contributed by atoms with Gasteiger partial charge in [-0.15, -0.1) is 0 Å². The summed E-state index contributed by atoms with van der Waals surface area (Å²) in [5, 5.41) is 2.76. The molecule has 0 aliphatic rings. The summed E-state index contributed by atoms with van der Waals surface area (Å²) in [7, 11) is 0. The number of rotatable bonds is 3. The predicted octanol–water partition coefficient (Wildman–Crippen LogP) is 3.37. The van der Waals surface area contributed by atoms with Crippen LogP contribution in [0.1, 0.15) is 20.8 Å². The van der Waals surface area contributed by atoms with Gasteiger partial charge in [0, 0.05) is 6.20 Å². The predicted molar refractivity (Wildman–Crippen MR) is 98.1 cm³/mol. The molecule has 4 aromatic rings. The average Bonchev–Trinajstić information content (AvgIpc) is 3.13. The van der Waals surface area contributed by atoms with Crippen molar-refractivity contribution in [3.8, 4) is 0 Å². The van der Waals surface area contributed by atoms with Crippen LogP contribution in [0.15, 0.2) is 79.3 Å². The molecule has 1 amide bonds. The number of aromatic nitrogens is 3. The Kier molecular flexibility index (Phi) is 3.99. The van der Waals surface area contributed by atoms with Crippen molar-refractivity contribution in [2.45, 2.75) is 0 Å². The molecule has 0 fully saturated rings. The summed E-state index contributed by atoms with van der Waals surface area (Å²) in [5.41, 5.74) is 2.52. The highest BCUT2D eigenvalue weighted by molar-refractivity contribution is 6.10. The average molecular weight is 342 g/mol. The first-order chi connectivity index (χ1) is 12.7. The monoisotopic (exact) mass is 342 g/mol. The number of amides is 1. The summed E-state index contributed by atoms with van der Waals surface area (Å²) >= 11 is 0. The fourth-order valence-corrected chi connectivity index (χ4v) is 2.71. The Morgan fingerprint density at radius 3 is 2.46 bits per heavy atom. The number of para-hydroxylation sites is 3. The Hall–Kier alpha value is -3.80. The maximum Gasteiger partial charge on any atom is 0.274 e. The molecule has 126 valence electrons. The van der Waals surface area contributed by atoms with E-state index >= 15 is 0 Å². The second-order valence-corrected chi connectivity index (χ2v) is 5.62. The Labute approximate surface area is 149 Å². The molecule has 2 aromatic heterocycles. The van der Waals surface area contributed by atoms with E-state index in [4.69, 9.17) is 0 Å². The van der Waals surface area contributed by atoms with Crippen LogP contribution < -0.4 is 5.32 Å². The summed E-state index contributed by atoms with van der Waals surface area (Å²) in [6.07, 6.45) is 3.04. The van der Waals surface area contributed by atoms with Gasteiger partial charge in [0.2, 0.25) is 0 Å². The Bertz CT molecular complexity index is 1100. The van der Waals surface area contributed by atoms with Gasteiger partial charge in [0.05, 0.1) is 22.3 Å². The third-order valence-electron chi connectivity index (χ3n) is 3.98. The number of nitrogens with zero attached hydrogens (tertiary/aromatic N) is 3. The molecule has 0 saturated heterocycles. The molecule has 6 nitrogen and oxygen atoms in total. The van der Waals surface area contributed by atoms with Crippen molar-refractivity contribution in [1.29, 1.82) is 0 Å². The highest BCUT2D eigenvalue weighted by atomic mass is 16.2. The molecule has 0 aliphatic carbocycles. The summed E-state index contributed by atoms with van der Waals surface area (Å²) in [4.78, 5) is 33.7. The quantitative estimate of drug-likeness (QED) is 0.619. The smallest absolute Gasteiger partial charge is 0.274 e. The van der Waals surface area contributed by atoms with Crippen LogP contribution >= 0.6 is 0 Å². The van der Waals surface area contributed by atoms with Gasteiger partial charge in [-0.1, -0.05) is 30.3 Å². The van der Waals surface area contributed by atoms with Gasteiger partial charge in [0.15, 0.2) is 0 Å². The molecule has 4 rings (SSSR count). The number of hydrogen-bond donors (Lipinski definition) is 1. The van der Waals surface area contributed by atoms with E-state index in [1.54, 1.807) is 48.7 Å². The van der Waals surface area contributed by atoms with Crippen LogP contribution in [0.25, 0.3) is 11.0 Å². The van der Waals surface area contributed by atoms with E-state index in [-0.39, 0.29) is 17.5 Å². The van der Waals surface area contributed by atoms with Gasteiger partial charge in [-0.25, -0.2) is 4.98 Å². The first-order valence-electron chi connectivity index (χ1n) is 8.02. The first kappa shape index (κ1) is 15.7. The van der Waals surface area contributed by atoms with Crippen LogP contribution in [0, 0.1) is 0 Å². The zero-order valence-corrected chi connectivity index (χ0v) is 13.7. The lowest BCUT2D eigenvalue weighted by atomic mass is 10.1. The van der Waals surface area contributed by atoms with E-state index in [1.165, 1.54) is 10.9 Å². The second-order valence-electron chi connectivity index (χ2n) is 5.62. The minimum absolute atomic E-state index is 0.268. The van der Waals surface area contributed by atoms with Crippen molar-refractivity contribution < 1.29 is 9.59 Å². The van der Waals surface area contributed by atoms with E-state index in [2.05, 4.69) is 15.3 Å². The van der Waals surface area contributed by atoms with E-state index in [9.17, 15) is 9.59 Å². The summed E-state index contributed by atoms with van der Waals surface area (Å²) in [6, 6.07) is 19.3. The number of benzene rings is 2. The van der Waals surface area contributed by atoms with Gasteiger partial charge in [-0.2, -0.15) is 0 Å². The zero-order valence-electron chi connectivity index (χ0n) is 13.7. The molecule has 0 spiro atoms. The molecule has 6 heteroatoms. The molecule has 2 heterocycles. The number of carbonyl (C=O) groups excluding carboxylic acids is 2. The standard InChI is InChI=1S/C20H14N4O2/c25-19(17-10-5-6-12-21-17)23-15-8-2-1-7-14(15)20(26)24-13-22-16-9-3-4-11-18(16)24/h1-13H,(H,23,25). The molecule has 0 saturated carbocycles. The van der Waals surface area contributed by atoms with Gasteiger partial charge in [0.25, 0.3) is 11.8 Å². The molecule has 0 atom stereocenters. The van der Waals surface area contributed by atoms with Gasteiger partial charge in [0.1, 0.15) is 12.0 Å². The molecule has 1 N–H and O–H groups in total. The van der Waals surface area contributed by atoms with Crippen LogP contribution in [-0.2, 0) is 0 Å². The number of carbonyl (C=O) groups is 2. The van der Waals surface area contributed by atoms with Crippen molar-refractivity contribution in [2.75, 3.05) is 5.32 Å². The fraction of sp³-hybridized carbons (Fsp3) is 0. The topological polar surface area (TPSA) is 76.9 Å². The van der Waals surface area contributed by atoms with Crippen molar-refractivity contribution in [3.63, 3.8) is 0 Å². The molecule has 2 aromatic carbocycles. The number of nitrogens with one attached hydrogen (secondary N) is 1. The van der Waals surface area contributed by atoms with E-state index in [0.29, 0.717) is 16.8 Å². The highest BCUT2D eigenvalue weighted by Gasteiger charge is 2.17. The lowest BCUT2D eigenvalue weighted by Gasteiger charge is -2.11. The van der Waals surface area contributed by atoms with Crippen molar-refractivity contribution in [2.24, 2.45) is 0 Å². The van der Waals surface area contributed by atoms with Crippen LogP contribution in [0.3, 0.4) is 0 Å². The largest absolute Gasteiger partial charge is 0.320 e. The minimum atomic E-state index is -0.374. The molecule has 0 unspecified atom stereocenters. The zero-order chi connectivity index (χ0) is 17.9. The van der Waals surface area contributed by atoms with Crippen LogP contribution in [0.2, 0.25) is 0 Å². The summed E-state index contributed by atoms with van der Waals surface area (Å²) < 4.78 is 1.47. The summed E-state index contributed by atoms with van der Waals surface area (Å²) in [6.45, 7) is 0. The van der Waals surface area contributed by atoms with Gasteiger partial charge < -0.3 is 5.32 Å². The van der Waals surface area contributed by atoms with Crippen molar-refractivity contribution in [3.05, 3.63) is 90.5 Å². The Morgan fingerprint density at radius 2 is 1.62 bits per heavy atom. The van der Waals surface area contributed by atoms with E-state index < -0.39 is 0 Å². The third-order valence-corrected chi connectivity index (χ3v) is 3.98. The maximum absolute atomic E-state index is 13.0. The fourth-order valence-electron chi connectivity index (χ4n) is 2.71. The van der Waals surface area contributed by atoms with Crippen molar-refractivity contribution in [1.82, 2.24) is 14.5 Å². The molecular weight excluding hydrogens is 328 g/mol. The number of fused-ring (bicyclic) bond motifs is 1. The molecule has 0 radical (unpaired) electrons. The van der Waals surface area contributed by atoms with E-state index in [1.807, 2.05) is 24.3 Å². The molecule has 0 bridgehead atoms. The number of hydrogen-bond acceptors (Lipinski definition) is 4. The second kappa shape index (κ2) is 6.60. The third kappa shape index (κ3) is 2.84. The van der Waals surface area contributed by atoms with Crippen LogP contribution in [-0.4, -0.2) is 26.3 Å². The van der Waals surface area contributed by atoms with Gasteiger partial charge in [-0.05, 0) is 36.4 Å². The number of imidazole rings is 1. The lowest BCUT2D eigenvalue weighted by Crippen LogP contribution is -2.18. The van der Waals surface area contributed by atoms with Crippen LogP contribution in [0.4, 0.5) is 5.69 Å². The normalized spacial score (nSPS) is 10.6. The number of anilines is 1. The van der Waals surface area contributed by atoms with Crippen LogP contribution in [0.5, 0.6) is 0 Å². The van der Waals surface area contributed by atoms with Crippen molar-refractivity contribution >= 4 is 28.5 Å². The Morgan fingerprint density at radius 1 is 0.846 bits per heavy atom. The van der Waals surface area contributed by atoms with E-state index in [0.717, 1.165) is 5.52 Å². The number of pyridine rings is 1. The minimum Gasteiger partial charge on any atom is -0.320 e. The van der Waals surface area contributed by atoms with Gasteiger partial charge in [-0.3, -0.25) is 19.1 Å². The summed E-state index contributed by atoms with van der Waals surface area (Å²) in [5.74, 6) is -0.642. The molecular formula is C20H14N4O2. The highest BCUT2D eigenvalue weighted by Crippen LogP contribution is 2.20. The maximum atomic E-state index is 13.0. The lowest BCUT2D eigenvalue weighted by molar-refractivity contribution is 0.0965. The molecule has 26 heavy (non-hydrogen) atoms. The van der Waals surface area contributed by atoms with Gasteiger partial charge >= 0.3 is 0 Å². The Balaban J connectivity index is 1.69.